The van der Waals surface area contributed by atoms with E-state index >= 15 is 0 Å². The van der Waals surface area contributed by atoms with Gasteiger partial charge in [-0.2, -0.15) is 18.2 Å². The maximum absolute atomic E-state index is 13.3. The van der Waals surface area contributed by atoms with Crippen LogP contribution in [0.2, 0.25) is 0 Å². The molecule has 0 aliphatic heterocycles. The number of para-hydroxylation sites is 1. The summed E-state index contributed by atoms with van der Waals surface area (Å²) < 4.78 is 39.8. The lowest BCUT2D eigenvalue weighted by Crippen LogP contribution is -2.14. The summed E-state index contributed by atoms with van der Waals surface area (Å²) in [5, 5.41) is 5.86. The van der Waals surface area contributed by atoms with Gasteiger partial charge in [0.15, 0.2) is 0 Å². The van der Waals surface area contributed by atoms with E-state index in [1.54, 1.807) is 30.6 Å². The smallest absolute Gasteiger partial charge is 0.352 e. The maximum Gasteiger partial charge on any atom is 0.418 e. The monoisotopic (exact) mass is 373 g/mol. The number of aromatic nitrogens is 3. The minimum Gasteiger partial charge on any atom is -0.352 e. The number of alkyl halides is 3. The number of anilines is 3. The van der Waals surface area contributed by atoms with E-state index in [-0.39, 0.29) is 17.5 Å². The van der Waals surface area contributed by atoms with Crippen LogP contribution in [0.15, 0.2) is 54.9 Å². The first-order valence-electron chi connectivity index (χ1n) is 8.32. The van der Waals surface area contributed by atoms with Crippen molar-refractivity contribution >= 4 is 17.5 Å². The lowest BCUT2D eigenvalue weighted by atomic mass is 10.1. The van der Waals surface area contributed by atoms with Crippen molar-refractivity contribution < 1.29 is 13.2 Å². The lowest BCUT2D eigenvalue weighted by molar-refractivity contribution is -0.136. The lowest BCUT2D eigenvalue weighted by Gasteiger charge is -2.16. The molecule has 0 bridgehead atoms. The van der Waals surface area contributed by atoms with Gasteiger partial charge in [0.1, 0.15) is 5.82 Å². The molecule has 0 spiro atoms. The fourth-order valence-corrected chi connectivity index (χ4v) is 2.48. The van der Waals surface area contributed by atoms with E-state index in [4.69, 9.17) is 0 Å². The standard InChI is InChI=1S/C19H18F3N5/c1-12(2)24-18-26-16(13-7-9-23-10-8-13)11-17(27-18)25-15-6-4-3-5-14(15)19(20,21)22/h3-12H,1-2H3,(H2,24,25,26,27). The maximum atomic E-state index is 13.3. The SMILES string of the molecule is CC(C)Nc1nc(Nc2ccccc2C(F)(F)F)cc(-c2ccncc2)n1. The van der Waals surface area contributed by atoms with Crippen LogP contribution in [0.4, 0.5) is 30.6 Å². The molecule has 0 aliphatic carbocycles. The third-order valence-electron chi connectivity index (χ3n) is 3.62. The highest BCUT2D eigenvalue weighted by molar-refractivity contribution is 5.68. The van der Waals surface area contributed by atoms with Gasteiger partial charge >= 0.3 is 6.18 Å². The van der Waals surface area contributed by atoms with Gasteiger partial charge in [0.05, 0.1) is 16.9 Å². The summed E-state index contributed by atoms with van der Waals surface area (Å²) in [5.74, 6) is 0.586. The van der Waals surface area contributed by atoms with Crippen LogP contribution in [0, 0.1) is 0 Å². The molecule has 1 aromatic carbocycles. The van der Waals surface area contributed by atoms with E-state index in [2.05, 4.69) is 25.6 Å². The molecule has 2 N–H and O–H groups in total. The van der Waals surface area contributed by atoms with Gasteiger partial charge in [-0.25, -0.2) is 4.98 Å². The van der Waals surface area contributed by atoms with E-state index in [0.29, 0.717) is 11.6 Å². The Kier molecular flexibility index (Phi) is 5.25. The highest BCUT2D eigenvalue weighted by Gasteiger charge is 2.33. The molecule has 3 aromatic rings. The van der Waals surface area contributed by atoms with Crippen LogP contribution in [-0.2, 0) is 6.18 Å². The Balaban J connectivity index is 2.03. The zero-order chi connectivity index (χ0) is 19.4. The number of rotatable bonds is 5. The van der Waals surface area contributed by atoms with Gasteiger partial charge in [0.2, 0.25) is 5.95 Å². The Hall–Kier alpha value is -3.16. The van der Waals surface area contributed by atoms with Crippen LogP contribution in [0.25, 0.3) is 11.3 Å². The Morgan fingerprint density at radius 1 is 0.963 bits per heavy atom. The average Bonchev–Trinajstić information content (AvgIpc) is 2.61. The molecular formula is C19H18F3N5. The first-order chi connectivity index (χ1) is 12.8. The van der Waals surface area contributed by atoms with Crippen LogP contribution < -0.4 is 10.6 Å². The highest BCUT2D eigenvalue weighted by Crippen LogP contribution is 2.36. The number of benzene rings is 1. The second-order valence-electron chi connectivity index (χ2n) is 6.17. The number of halogens is 3. The minimum atomic E-state index is -4.47. The minimum absolute atomic E-state index is 0.0630. The molecule has 2 aromatic heterocycles. The number of nitrogens with one attached hydrogen (secondary N) is 2. The fourth-order valence-electron chi connectivity index (χ4n) is 2.48. The number of nitrogens with zero attached hydrogens (tertiary/aromatic N) is 3. The zero-order valence-corrected chi connectivity index (χ0v) is 14.7. The highest BCUT2D eigenvalue weighted by atomic mass is 19.4. The molecule has 0 unspecified atom stereocenters. The van der Waals surface area contributed by atoms with Crippen LogP contribution in [-0.4, -0.2) is 21.0 Å². The van der Waals surface area contributed by atoms with E-state index in [9.17, 15) is 13.2 Å². The molecule has 3 rings (SSSR count). The van der Waals surface area contributed by atoms with Gasteiger partial charge in [-0.3, -0.25) is 4.98 Å². The first kappa shape index (κ1) is 18.6. The number of pyridine rings is 1. The third-order valence-corrected chi connectivity index (χ3v) is 3.62. The Labute approximate surface area is 154 Å². The molecule has 27 heavy (non-hydrogen) atoms. The quantitative estimate of drug-likeness (QED) is 0.650. The molecule has 0 atom stereocenters. The van der Waals surface area contributed by atoms with Crippen molar-refractivity contribution in [3.63, 3.8) is 0 Å². The molecule has 5 nitrogen and oxygen atoms in total. The molecule has 0 aliphatic rings. The fraction of sp³-hybridized carbons (Fsp3) is 0.211. The van der Waals surface area contributed by atoms with Crippen molar-refractivity contribution in [2.24, 2.45) is 0 Å². The molecular weight excluding hydrogens is 355 g/mol. The normalized spacial score (nSPS) is 11.5. The summed E-state index contributed by atoms with van der Waals surface area (Å²) in [5.41, 5.74) is 0.529. The van der Waals surface area contributed by atoms with Crippen molar-refractivity contribution in [3.8, 4) is 11.3 Å². The van der Waals surface area contributed by atoms with E-state index in [1.807, 2.05) is 13.8 Å². The van der Waals surface area contributed by atoms with E-state index in [0.717, 1.165) is 11.6 Å². The summed E-state index contributed by atoms with van der Waals surface area (Å²) in [7, 11) is 0. The zero-order valence-electron chi connectivity index (χ0n) is 14.7. The predicted molar refractivity (Wildman–Crippen MR) is 98.7 cm³/mol. The molecule has 8 heteroatoms. The van der Waals surface area contributed by atoms with Gasteiger partial charge in [0, 0.05) is 30.1 Å². The first-order valence-corrected chi connectivity index (χ1v) is 8.32. The summed E-state index contributed by atoms with van der Waals surface area (Å²) in [6.07, 6.45) is -1.22. The largest absolute Gasteiger partial charge is 0.418 e. The summed E-state index contributed by atoms with van der Waals surface area (Å²) >= 11 is 0. The average molecular weight is 373 g/mol. The van der Waals surface area contributed by atoms with Crippen LogP contribution in [0.1, 0.15) is 19.4 Å². The summed E-state index contributed by atoms with van der Waals surface area (Å²) in [6, 6.07) is 10.5. The van der Waals surface area contributed by atoms with Crippen molar-refractivity contribution in [3.05, 3.63) is 60.4 Å². The van der Waals surface area contributed by atoms with Gasteiger partial charge in [-0.1, -0.05) is 12.1 Å². The molecule has 140 valence electrons. The van der Waals surface area contributed by atoms with Crippen molar-refractivity contribution in [2.45, 2.75) is 26.1 Å². The molecule has 0 saturated heterocycles. The third kappa shape index (κ3) is 4.72. The van der Waals surface area contributed by atoms with Gasteiger partial charge < -0.3 is 10.6 Å². The molecule has 0 radical (unpaired) electrons. The van der Waals surface area contributed by atoms with Crippen molar-refractivity contribution in [1.29, 1.82) is 0 Å². The molecule has 0 fully saturated rings. The number of hydrogen-bond acceptors (Lipinski definition) is 5. The van der Waals surface area contributed by atoms with Crippen molar-refractivity contribution in [2.75, 3.05) is 10.6 Å². The summed E-state index contributed by atoms with van der Waals surface area (Å²) in [6.45, 7) is 3.85. The Bertz CT molecular complexity index is 911. The van der Waals surface area contributed by atoms with Crippen LogP contribution >= 0.6 is 0 Å². The number of hydrogen-bond donors (Lipinski definition) is 2. The Morgan fingerprint density at radius 2 is 1.67 bits per heavy atom. The predicted octanol–water partition coefficient (Wildman–Crippen LogP) is 5.12. The molecule has 0 saturated carbocycles. The van der Waals surface area contributed by atoms with Crippen LogP contribution in [0.3, 0.4) is 0 Å². The van der Waals surface area contributed by atoms with E-state index < -0.39 is 11.7 Å². The van der Waals surface area contributed by atoms with E-state index in [1.165, 1.54) is 18.2 Å². The van der Waals surface area contributed by atoms with Gasteiger partial charge in [0.25, 0.3) is 0 Å². The van der Waals surface area contributed by atoms with Gasteiger partial charge in [-0.05, 0) is 38.1 Å². The Morgan fingerprint density at radius 3 is 2.33 bits per heavy atom. The van der Waals surface area contributed by atoms with Crippen LogP contribution in [0.5, 0.6) is 0 Å². The van der Waals surface area contributed by atoms with Gasteiger partial charge in [-0.15, -0.1) is 0 Å². The van der Waals surface area contributed by atoms with Crippen molar-refractivity contribution in [1.82, 2.24) is 15.0 Å². The summed E-state index contributed by atoms with van der Waals surface area (Å²) in [4.78, 5) is 12.7. The second kappa shape index (κ2) is 7.61. The second-order valence-corrected chi connectivity index (χ2v) is 6.17. The molecule has 2 heterocycles. The molecule has 0 amide bonds. The topological polar surface area (TPSA) is 62.7 Å².